The van der Waals surface area contributed by atoms with Gasteiger partial charge in [0.05, 0.1) is 5.25 Å². The van der Waals surface area contributed by atoms with E-state index in [1.165, 1.54) is 6.42 Å². The summed E-state index contributed by atoms with van der Waals surface area (Å²) in [5, 5.41) is 12.6. The van der Waals surface area contributed by atoms with Gasteiger partial charge in [-0.1, -0.05) is 24.6 Å². The highest BCUT2D eigenvalue weighted by Crippen LogP contribution is 2.25. The molecular weight excluding hydrogens is 234 g/mol. The van der Waals surface area contributed by atoms with Crippen molar-refractivity contribution >= 4 is 17.7 Å². The molecule has 0 spiro atoms. The molecule has 0 bridgehead atoms. The van der Waals surface area contributed by atoms with Crippen LogP contribution in [0.2, 0.25) is 0 Å². The third-order valence-corrected chi connectivity index (χ3v) is 4.29. The van der Waals surface area contributed by atoms with Crippen LogP contribution in [0.15, 0.2) is 24.3 Å². The van der Waals surface area contributed by atoms with Gasteiger partial charge in [-0.25, -0.2) is 0 Å². The number of phenolic OH excluding ortho intramolecular Hbond substituents is 1. The summed E-state index contributed by atoms with van der Waals surface area (Å²) in [6.45, 7) is 0.405. The van der Waals surface area contributed by atoms with Gasteiger partial charge in [-0.15, -0.1) is 11.8 Å². The maximum atomic E-state index is 11.9. The normalized spacial score (nSPS) is 19.9. The maximum absolute atomic E-state index is 11.9. The zero-order valence-corrected chi connectivity index (χ0v) is 10.5. The third kappa shape index (κ3) is 3.40. The van der Waals surface area contributed by atoms with E-state index >= 15 is 0 Å². The van der Waals surface area contributed by atoms with E-state index in [2.05, 4.69) is 5.32 Å². The first-order chi connectivity index (χ1) is 8.27. The highest BCUT2D eigenvalue weighted by Gasteiger charge is 2.21. The average molecular weight is 251 g/mol. The lowest BCUT2D eigenvalue weighted by Gasteiger charge is -2.20. The van der Waals surface area contributed by atoms with Gasteiger partial charge in [-0.3, -0.25) is 4.79 Å². The monoisotopic (exact) mass is 251 g/mol. The minimum Gasteiger partial charge on any atom is -0.508 e. The van der Waals surface area contributed by atoms with Gasteiger partial charge in [0.15, 0.2) is 0 Å². The standard InChI is InChI=1S/C13H17NO2S/c15-11-6-2-1-5-10(11)9-14-13(16)12-7-3-4-8-17-12/h1-2,5-6,12,15H,3-4,7-9H2,(H,14,16). The Morgan fingerprint density at radius 2 is 2.24 bits per heavy atom. The highest BCUT2D eigenvalue weighted by atomic mass is 32.2. The van der Waals surface area contributed by atoms with Crippen molar-refractivity contribution in [1.82, 2.24) is 5.32 Å². The number of hydrogen-bond acceptors (Lipinski definition) is 3. The Labute approximate surface area is 106 Å². The molecule has 2 rings (SSSR count). The smallest absolute Gasteiger partial charge is 0.233 e. The minimum absolute atomic E-state index is 0.0922. The molecule has 1 atom stereocenters. The second-order valence-corrected chi connectivity index (χ2v) is 5.51. The number of nitrogens with one attached hydrogen (secondary N) is 1. The van der Waals surface area contributed by atoms with Crippen molar-refractivity contribution < 1.29 is 9.90 Å². The molecule has 0 saturated carbocycles. The van der Waals surface area contributed by atoms with Crippen LogP contribution in [0, 0.1) is 0 Å². The van der Waals surface area contributed by atoms with Crippen LogP contribution in [-0.2, 0) is 11.3 Å². The van der Waals surface area contributed by atoms with E-state index in [-0.39, 0.29) is 16.9 Å². The Morgan fingerprint density at radius 1 is 1.41 bits per heavy atom. The van der Waals surface area contributed by atoms with Gasteiger partial charge >= 0.3 is 0 Å². The summed E-state index contributed by atoms with van der Waals surface area (Å²) in [5.41, 5.74) is 0.765. The molecule has 4 heteroatoms. The summed E-state index contributed by atoms with van der Waals surface area (Å²) in [6, 6.07) is 7.09. The summed E-state index contributed by atoms with van der Waals surface area (Å²) in [6.07, 6.45) is 3.33. The molecule has 3 nitrogen and oxygen atoms in total. The average Bonchev–Trinajstić information content (AvgIpc) is 2.38. The third-order valence-electron chi connectivity index (χ3n) is 2.92. The predicted octanol–water partition coefficient (Wildman–Crippen LogP) is 2.29. The van der Waals surface area contributed by atoms with Crippen LogP contribution in [0.1, 0.15) is 24.8 Å². The quantitative estimate of drug-likeness (QED) is 0.866. The van der Waals surface area contributed by atoms with Crippen LogP contribution in [0.25, 0.3) is 0 Å². The van der Waals surface area contributed by atoms with Crippen molar-refractivity contribution in [1.29, 1.82) is 0 Å². The van der Waals surface area contributed by atoms with E-state index in [4.69, 9.17) is 0 Å². The molecule has 0 radical (unpaired) electrons. The lowest BCUT2D eigenvalue weighted by atomic mass is 10.1. The van der Waals surface area contributed by atoms with Crippen LogP contribution in [0.4, 0.5) is 0 Å². The predicted molar refractivity (Wildman–Crippen MR) is 70.1 cm³/mol. The Morgan fingerprint density at radius 3 is 2.94 bits per heavy atom. The number of hydrogen-bond donors (Lipinski definition) is 2. The Bertz CT molecular complexity index is 389. The van der Waals surface area contributed by atoms with Gasteiger partial charge in [0.2, 0.25) is 5.91 Å². The molecule has 0 aromatic heterocycles. The fourth-order valence-corrected chi connectivity index (χ4v) is 3.13. The van der Waals surface area contributed by atoms with Gasteiger partial charge < -0.3 is 10.4 Å². The zero-order chi connectivity index (χ0) is 12.1. The van der Waals surface area contributed by atoms with Crippen LogP contribution >= 0.6 is 11.8 Å². The van der Waals surface area contributed by atoms with E-state index in [1.54, 1.807) is 23.9 Å². The number of thioether (sulfide) groups is 1. The molecule has 92 valence electrons. The molecular formula is C13H17NO2S. The number of carbonyl (C=O) groups excluding carboxylic acids is 1. The van der Waals surface area contributed by atoms with Gasteiger partial charge in [-0.05, 0) is 24.7 Å². The van der Waals surface area contributed by atoms with Crippen molar-refractivity contribution in [2.24, 2.45) is 0 Å². The number of rotatable bonds is 3. The second kappa shape index (κ2) is 5.96. The molecule has 1 aromatic rings. The van der Waals surface area contributed by atoms with Crippen LogP contribution in [0.5, 0.6) is 5.75 Å². The summed E-state index contributed by atoms with van der Waals surface area (Å²) in [4.78, 5) is 11.9. The van der Waals surface area contributed by atoms with Gasteiger partial charge in [0, 0.05) is 12.1 Å². The maximum Gasteiger partial charge on any atom is 0.233 e. The largest absolute Gasteiger partial charge is 0.508 e. The molecule has 1 aliphatic rings. The van der Waals surface area contributed by atoms with E-state index in [9.17, 15) is 9.90 Å². The minimum atomic E-state index is 0.0922. The first-order valence-corrected chi connectivity index (χ1v) is 6.98. The molecule has 1 heterocycles. The van der Waals surface area contributed by atoms with Crippen molar-refractivity contribution in [3.05, 3.63) is 29.8 Å². The van der Waals surface area contributed by atoms with E-state index < -0.39 is 0 Å². The van der Waals surface area contributed by atoms with Gasteiger partial charge in [0.1, 0.15) is 5.75 Å². The van der Waals surface area contributed by atoms with Crippen molar-refractivity contribution in [2.75, 3.05) is 5.75 Å². The van der Waals surface area contributed by atoms with Gasteiger partial charge in [0.25, 0.3) is 0 Å². The number of para-hydroxylation sites is 1. The number of benzene rings is 1. The van der Waals surface area contributed by atoms with Gasteiger partial charge in [-0.2, -0.15) is 0 Å². The first kappa shape index (κ1) is 12.3. The molecule has 0 aliphatic carbocycles. The number of carbonyl (C=O) groups is 1. The molecule has 1 unspecified atom stereocenters. The molecule has 1 saturated heterocycles. The highest BCUT2D eigenvalue weighted by molar-refractivity contribution is 8.00. The number of aromatic hydroxyl groups is 1. The molecule has 2 N–H and O–H groups in total. The lowest BCUT2D eigenvalue weighted by molar-refractivity contribution is -0.120. The van der Waals surface area contributed by atoms with E-state index in [1.807, 2.05) is 12.1 Å². The Kier molecular flexibility index (Phi) is 4.31. The Balaban J connectivity index is 1.85. The van der Waals surface area contributed by atoms with Crippen molar-refractivity contribution in [2.45, 2.75) is 31.1 Å². The fourth-order valence-electron chi connectivity index (χ4n) is 1.90. The fraction of sp³-hybridized carbons (Fsp3) is 0.462. The van der Waals surface area contributed by atoms with E-state index in [0.29, 0.717) is 6.54 Å². The number of phenols is 1. The van der Waals surface area contributed by atoms with Crippen molar-refractivity contribution in [3.8, 4) is 5.75 Å². The van der Waals surface area contributed by atoms with Crippen LogP contribution in [-0.4, -0.2) is 22.0 Å². The molecule has 1 amide bonds. The van der Waals surface area contributed by atoms with Crippen molar-refractivity contribution in [3.63, 3.8) is 0 Å². The second-order valence-electron chi connectivity index (χ2n) is 4.20. The lowest BCUT2D eigenvalue weighted by Crippen LogP contribution is -2.33. The van der Waals surface area contributed by atoms with Crippen LogP contribution in [0.3, 0.4) is 0 Å². The first-order valence-electron chi connectivity index (χ1n) is 5.93. The zero-order valence-electron chi connectivity index (χ0n) is 9.69. The summed E-state index contributed by atoms with van der Waals surface area (Å²) in [5.74, 6) is 1.41. The Hall–Kier alpha value is -1.16. The summed E-state index contributed by atoms with van der Waals surface area (Å²) < 4.78 is 0. The molecule has 1 aromatic carbocycles. The SMILES string of the molecule is O=C(NCc1ccccc1O)C1CCCCS1. The topological polar surface area (TPSA) is 49.3 Å². The van der Waals surface area contributed by atoms with E-state index in [0.717, 1.165) is 24.2 Å². The molecule has 1 fully saturated rings. The molecule has 17 heavy (non-hydrogen) atoms. The van der Waals surface area contributed by atoms with Crippen LogP contribution < -0.4 is 5.32 Å². The molecule has 1 aliphatic heterocycles. The summed E-state index contributed by atoms with van der Waals surface area (Å²) >= 11 is 1.74. The summed E-state index contributed by atoms with van der Waals surface area (Å²) in [7, 11) is 0. The number of amides is 1.